The van der Waals surface area contributed by atoms with Crippen LogP contribution >= 0.6 is 0 Å². The Kier molecular flexibility index (Phi) is 6.89. The van der Waals surface area contributed by atoms with Gasteiger partial charge in [-0.15, -0.1) is 0 Å². The Labute approximate surface area is 168 Å². The third kappa shape index (κ3) is 5.87. The summed E-state index contributed by atoms with van der Waals surface area (Å²) in [5.74, 6) is 0.484. The Balaban J connectivity index is 1.50. The van der Waals surface area contributed by atoms with Gasteiger partial charge in [0.1, 0.15) is 11.5 Å². The van der Waals surface area contributed by atoms with E-state index in [-0.39, 0.29) is 12.5 Å². The van der Waals surface area contributed by atoms with E-state index in [1.165, 1.54) is 0 Å². The number of rotatable bonds is 9. The number of carbonyl (C=O) groups excluding carboxylic acids is 2. The van der Waals surface area contributed by atoms with Crippen LogP contribution in [0.3, 0.4) is 0 Å². The highest BCUT2D eigenvalue weighted by Gasteiger charge is 2.14. The summed E-state index contributed by atoms with van der Waals surface area (Å²) in [6.07, 6.45) is 1.58. The molecule has 0 unspecified atom stereocenters. The predicted octanol–water partition coefficient (Wildman–Crippen LogP) is 3.37. The fourth-order valence-electron chi connectivity index (χ4n) is 2.65. The molecule has 0 spiro atoms. The van der Waals surface area contributed by atoms with Gasteiger partial charge in [-0.3, -0.25) is 4.79 Å². The van der Waals surface area contributed by atoms with Gasteiger partial charge in [0.25, 0.3) is 5.91 Å². The fraction of sp³-hybridized carbons (Fsp3) is 0.182. The van der Waals surface area contributed by atoms with Gasteiger partial charge >= 0.3 is 5.97 Å². The van der Waals surface area contributed by atoms with Crippen LogP contribution in [-0.4, -0.2) is 25.6 Å². The number of nitrogens with one attached hydrogen (secondary N) is 2. The van der Waals surface area contributed by atoms with Crippen molar-refractivity contribution >= 4 is 17.6 Å². The van der Waals surface area contributed by atoms with Gasteiger partial charge < -0.3 is 24.5 Å². The van der Waals surface area contributed by atoms with Gasteiger partial charge in [0, 0.05) is 12.2 Å². The molecule has 150 valence electrons. The molecule has 3 aromatic rings. The fourth-order valence-corrected chi connectivity index (χ4v) is 2.65. The maximum Gasteiger partial charge on any atom is 0.340 e. The highest BCUT2D eigenvalue weighted by Crippen LogP contribution is 2.17. The van der Waals surface area contributed by atoms with E-state index in [2.05, 4.69) is 10.6 Å². The zero-order valence-corrected chi connectivity index (χ0v) is 16.0. The molecule has 1 aromatic heterocycles. The van der Waals surface area contributed by atoms with Gasteiger partial charge in [-0.2, -0.15) is 0 Å². The molecule has 0 radical (unpaired) electrons. The molecule has 0 saturated heterocycles. The van der Waals surface area contributed by atoms with Crippen LogP contribution in [0.5, 0.6) is 5.75 Å². The lowest BCUT2D eigenvalue weighted by molar-refractivity contribution is -0.124. The molecule has 0 aliphatic carbocycles. The summed E-state index contributed by atoms with van der Waals surface area (Å²) < 4.78 is 15.6. The number of ether oxygens (including phenoxy) is 2. The summed E-state index contributed by atoms with van der Waals surface area (Å²) >= 11 is 0. The van der Waals surface area contributed by atoms with Crippen molar-refractivity contribution in [2.75, 3.05) is 19.0 Å². The van der Waals surface area contributed by atoms with Crippen LogP contribution in [0.15, 0.2) is 71.3 Å². The smallest absolute Gasteiger partial charge is 0.340 e. The maximum absolute atomic E-state index is 12.4. The first-order chi connectivity index (χ1) is 14.2. The SMILES string of the molecule is COc1cccc(CNC(=O)COC(=O)c2ccccc2NCc2ccco2)c1. The Morgan fingerprint density at radius 2 is 1.86 bits per heavy atom. The first-order valence-corrected chi connectivity index (χ1v) is 9.08. The number of furan rings is 1. The summed E-state index contributed by atoms with van der Waals surface area (Å²) in [5, 5.41) is 5.85. The van der Waals surface area contributed by atoms with Crippen molar-refractivity contribution in [3.8, 4) is 5.75 Å². The average Bonchev–Trinajstić information content (AvgIpc) is 3.28. The zero-order valence-electron chi connectivity index (χ0n) is 16.0. The second-order valence-corrected chi connectivity index (χ2v) is 6.18. The molecule has 29 heavy (non-hydrogen) atoms. The molecule has 0 aliphatic heterocycles. The van der Waals surface area contributed by atoms with Crippen molar-refractivity contribution in [2.45, 2.75) is 13.1 Å². The minimum atomic E-state index is -0.580. The van der Waals surface area contributed by atoms with Crippen LogP contribution in [0.25, 0.3) is 0 Å². The van der Waals surface area contributed by atoms with Gasteiger partial charge in [-0.25, -0.2) is 4.79 Å². The summed E-state index contributed by atoms with van der Waals surface area (Å²) in [4.78, 5) is 24.4. The lowest BCUT2D eigenvalue weighted by atomic mass is 10.2. The highest BCUT2D eigenvalue weighted by atomic mass is 16.5. The summed E-state index contributed by atoms with van der Waals surface area (Å²) in [7, 11) is 1.58. The van der Waals surface area contributed by atoms with Crippen LogP contribution in [0.2, 0.25) is 0 Å². The van der Waals surface area contributed by atoms with Crippen LogP contribution in [-0.2, 0) is 22.6 Å². The second kappa shape index (κ2) is 9.98. The molecule has 7 heteroatoms. The number of anilines is 1. The summed E-state index contributed by atoms with van der Waals surface area (Å²) in [5.41, 5.74) is 1.84. The molecule has 0 aliphatic rings. The Morgan fingerprint density at radius 3 is 2.66 bits per heavy atom. The molecule has 2 N–H and O–H groups in total. The topological polar surface area (TPSA) is 89.8 Å². The van der Waals surface area contributed by atoms with E-state index in [0.29, 0.717) is 30.1 Å². The van der Waals surface area contributed by atoms with Gasteiger partial charge in [0.2, 0.25) is 0 Å². The standard InChI is InChI=1S/C22H22N2O5/c1-27-17-7-4-6-16(12-17)13-24-21(25)15-29-22(26)19-9-2-3-10-20(19)23-14-18-8-5-11-28-18/h2-12,23H,13-15H2,1H3,(H,24,25). The van der Waals surface area contributed by atoms with E-state index in [1.54, 1.807) is 37.6 Å². The maximum atomic E-state index is 12.4. The second-order valence-electron chi connectivity index (χ2n) is 6.18. The molecule has 0 fully saturated rings. The molecule has 7 nitrogen and oxygen atoms in total. The summed E-state index contributed by atoms with van der Waals surface area (Å²) in [6, 6.07) is 17.9. The quantitative estimate of drug-likeness (QED) is 0.541. The number of para-hydroxylation sites is 1. The summed E-state index contributed by atoms with van der Waals surface area (Å²) in [6.45, 7) is 0.377. The number of amides is 1. The Hall–Kier alpha value is -3.74. The van der Waals surface area contributed by atoms with E-state index in [4.69, 9.17) is 13.9 Å². The molecule has 3 rings (SSSR count). The lowest BCUT2D eigenvalue weighted by Gasteiger charge is -2.11. The number of esters is 1. The molecule has 0 saturated carbocycles. The minimum absolute atomic E-state index is 0.314. The minimum Gasteiger partial charge on any atom is -0.497 e. The number of methoxy groups -OCH3 is 1. The molecule has 2 aromatic carbocycles. The van der Waals surface area contributed by atoms with Gasteiger partial charge in [0.15, 0.2) is 6.61 Å². The van der Waals surface area contributed by atoms with E-state index < -0.39 is 5.97 Å². The Bertz CT molecular complexity index is 953. The number of hydrogen-bond donors (Lipinski definition) is 2. The van der Waals surface area contributed by atoms with Crippen LogP contribution in [0, 0.1) is 0 Å². The molecular weight excluding hydrogens is 372 g/mol. The molecule has 1 heterocycles. The van der Waals surface area contributed by atoms with E-state index in [0.717, 1.165) is 11.3 Å². The number of hydrogen-bond acceptors (Lipinski definition) is 6. The zero-order chi connectivity index (χ0) is 20.5. The van der Waals surface area contributed by atoms with Gasteiger partial charge in [0.05, 0.1) is 25.5 Å². The largest absolute Gasteiger partial charge is 0.497 e. The first-order valence-electron chi connectivity index (χ1n) is 9.08. The molecular formula is C22H22N2O5. The van der Waals surface area contributed by atoms with Crippen molar-refractivity contribution in [3.63, 3.8) is 0 Å². The van der Waals surface area contributed by atoms with Crippen LogP contribution in [0.1, 0.15) is 21.7 Å². The monoisotopic (exact) mass is 394 g/mol. The molecule has 1 amide bonds. The van der Waals surface area contributed by atoms with Crippen molar-refractivity contribution in [1.82, 2.24) is 5.32 Å². The van der Waals surface area contributed by atoms with Crippen LogP contribution in [0.4, 0.5) is 5.69 Å². The molecule has 0 bridgehead atoms. The van der Waals surface area contributed by atoms with E-state index in [9.17, 15) is 9.59 Å². The van der Waals surface area contributed by atoms with Gasteiger partial charge in [-0.05, 0) is 42.0 Å². The van der Waals surface area contributed by atoms with Gasteiger partial charge in [-0.1, -0.05) is 24.3 Å². The van der Waals surface area contributed by atoms with Crippen molar-refractivity contribution < 1.29 is 23.5 Å². The normalized spacial score (nSPS) is 10.2. The highest BCUT2D eigenvalue weighted by molar-refractivity contribution is 5.96. The van der Waals surface area contributed by atoms with Crippen molar-refractivity contribution in [1.29, 1.82) is 0 Å². The third-order valence-corrected chi connectivity index (χ3v) is 4.14. The molecule has 0 atom stereocenters. The first kappa shape index (κ1) is 20.0. The number of benzene rings is 2. The van der Waals surface area contributed by atoms with Crippen molar-refractivity contribution in [3.05, 3.63) is 83.8 Å². The third-order valence-electron chi connectivity index (χ3n) is 4.14. The average molecular weight is 394 g/mol. The van der Waals surface area contributed by atoms with Crippen molar-refractivity contribution in [2.24, 2.45) is 0 Å². The van der Waals surface area contributed by atoms with E-state index >= 15 is 0 Å². The predicted molar refractivity (Wildman–Crippen MR) is 108 cm³/mol. The van der Waals surface area contributed by atoms with E-state index in [1.807, 2.05) is 36.4 Å². The Morgan fingerprint density at radius 1 is 1.00 bits per heavy atom. The lowest BCUT2D eigenvalue weighted by Crippen LogP contribution is -2.28. The number of carbonyl (C=O) groups is 2. The van der Waals surface area contributed by atoms with Crippen LogP contribution < -0.4 is 15.4 Å².